The van der Waals surface area contributed by atoms with E-state index >= 15 is 0 Å². The normalized spacial score (nSPS) is 11.3. The van der Waals surface area contributed by atoms with Crippen LogP contribution in [-0.4, -0.2) is 43.2 Å². The van der Waals surface area contributed by atoms with E-state index in [-0.39, 0.29) is 36.1 Å². The first-order valence-electron chi connectivity index (χ1n) is 9.06. The molecule has 0 saturated carbocycles. The van der Waals surface area contributed by atoms with E-state index in [1.54, 1.807) is 13.8 Å². The summed E-state index contributed by atoms with van der Waals surface area (Å²) in [6.07, 6.45) is 1.01. The molecular weight excluding hydrogens is 444 g/mol. The van der Waals surface area contributed by atoms with Gasteiger partial charge >= 0.3 is 11.9 Å². The Bertz CT molecular complexity index is 1270. The van der Waals surface area contributed by atoms with Gasteiger partial charge in [-0.2, -0.15) is 0 Å². The second kappa shape index (κ2) is 8.86. The van der Waals surface area contributed by atoms with Crippen molar-refractivity contribution in [2.45, 2.75) is 20.5 Å². The van der Waals surface area contributed by atoms with Crippen LogP contribution in [0.3, 0.4) is 0 Å². The number of rotatable bonds is 7. The fraction of sp³-hybridized carbons (Fsp3) is 0.263. The van der Waals surface area contributed by atoms with Crippen molar-refractivity contribution in [2.24, 2.45) is 0 Å². The summed E-state index contributed by atoms with van der Waals surface area (Å²) in [5.74, 6) is -0.813. The summed E-state index contributed by atoms with van der Waals surface area (Å²) >= 11 is 1.13. The SMILES string of the molecule is CCOC(=O)c1sc2nc(COC(=O)c3cccc(NS(C)(=O)=O)c3)nc(N)c2c1C. The fourth-order valence-corrected chi connectivity index (χ4v) is 4.47. The molecule has 0 atom stereocenters. The number of hydrogen-bond acceptors (Lipinski definition) is 10. The van der Waals surface area contributed by atoms with Gasteiger partial charge in [0.25, 0.3) is 0 Å². The second-order valence-corrected chi connectivity index (χ2v) is 9.26. The van der Waals surface area contributed by atoms with Gasteiger partial charge in [-0.3, -0.25) is 4.72 Å². The number of hydrogen-bond donors (Lipinski definition) is 2. The lowest BCUT2D eigenvalue weighted by Gasteiger charge is -2.08. The third-order valence-corrected chi connectivity index (χ3v) is 5.83. The molecule has 12 heteroatoms. The van der Waals surface area contributed by atoms with E-state index in [0.717, 1.165) is 17.6 Å². The molecule has 0 spiro atoms. The van der Waals surface area contributed by atoms with Crippen molar-refractivity contribution in [3.63, 3.8) is 0 Å². The summed E-state index contributed by atoms with van der Waals surface area (Å²) in [6, 6.07) is 5.88. The number of nitrogens with two attached hydrogens (primary N) is 1. The Morgan fingerprint density at radius 3 is 2.61 bits per heavy atom. The number of carbonyl (C=O) groups excluding carboxylic acids is 2. The molecule has 0 radical (unpaired) electrons. The number of nitrogen functional groups attached to an aromatic ring is 1. The van der Waals surface area contributed by atoms with Gasteiger partial charge in [0.15, 0.2) is 12.4 Å². The fourth-order valence-electron chi connectivity index (χ4n) is 2.81. The van der Waals surface area contributed by atoms with Crippen molar-refractivity contribution in [2.75, 3.05) is 23.3 Å². The first-order valence-corrected chi connectivity index (χ1v) is 11.8. The summed E-state index contributed by atoms with van der Waals surface area (Å²) in [5.41, 5.74) is 7.06. The molecule has 0 unspecified atom stereocenters. The summed E-state index contributed by atoms with van der Waals surface area (Å²) in [6.45, 7) is 3.44. The smallest absolute Gasteiger partial charge is 0.348 e. The first kappa shape index (κ1) is 22.4. The highest BCUT2D eigenvalue weighted by molar-refractivity contribution is 7.92. The number of thiophene rings is 1. The zero-order chi connectivity index (χ0) is 22.8. The third kappa shape index (κ3) is 5.27. The Morgan fingerprint density at radius 2 is 1.94 bits per heavy atom. The van der Waals surface area contributed by atoms with Gasteiger partial charge in [-0.25, -0.2) is 28.0 Å². The van der Waals surface area contributed by atoms with Crippen molar-refractivity contribution in [1.82, 2.24) is 9.97 Å². The lowest BCUT2D eigenvalue weighted by Crippen LogP contribution is -2.11. The molecule has 31 heavy (non-hydrogen) atoms. The Hall–Kier alpha value is -3.25. The van der Waals surface area contributed by atoms with Crippen LogP contribution in [0.4, 0.5) is 11.5 Å². The molecule has 3 N–H and O–H groups in total. The molecular formula is C19H20N4O6S2. The maximum Gasteiger partial charge on any atom is 0.348 e. The number of nitrogens with one attached hydrogen (secondary N) is 1. The molecule has 3 aromatic rings. The van der Waals surface area contributed by atoms with Crippen LogP contribution in [-0.2, 0) is 26.1 Å². The molecule has 0 aliphatic heterocycles. The molecule has 1 aromatic carbocycles. The molecule has 0 aliphatic carbocycles. The van der Waals surface area contributed by atoms with E-state index in [1.165, 1.54) is 24.3 Å². The van der Waals surface area contributed by atoms with Crippen molar-refractivity contribution >= 4 is 55.0 Å². The molecule has 164 valence electrons. The van der Waals surface area contributed by atoms with E-state index < -0.39 is 22.0 Å². The summed E-state index contributed by atoms with van der Waals surface area (Å²) < 4.78 is 35.3. The Labute approximate surface area is 182 Å². The highest BCUT2D eigenvalue weighted by atomic mass is 32.2. The lowest BCUT2D eigenvalue weighted by atomic mass is 10.2. The lowest BCUT2D eigenvalue weighted by molar-refractivity contribution is 0.0461. The number of aryl methyl sites for hydroxylation is 1. The zero-order valence-electron chi connectivity index (χ0n) is 17.0. The molecule has 10 nitrogen and oxygen atoms in total. The number of ether oxygens (including phenoxy) is 2. The van der Waals surface area contributed by atoms with Crippen LogP contribution < -0.4 is 10.5 Å². The third-order valence-electron chi connectivity index (χ3n) is 4.06. The summed E-state index contributed by atoms with van der Waals surface area (Å²) in [7, 11) is -3.48. The van der Waals surface area contributed by atoms with Crippen LogP contribution in [0.2, 0.25) is 0 Å². The highest BCUT2D eigenvalue weighted by Crippen LogP contribution is 2.33. The Morgan fingerprint density at radius 1 is 1.19 bits per heavy atom. The number of benzene rings is 1. The summed E-state index contributed by atoms with van der Waals surface area (Å²) in [4.78, 5) is 33.8. The number of sulfonamides is 1. The van der Waals surface area contributed by atoms with Crippen molar-refractivity contribution in [1.29, 1.82) is 0 Å². The number of carbonyl (C=O) groups is 2. The predicted molar refractivity (Wildman–Crippen MR) is 117 cm³/mol. The zero-order valence-corrected chi connectivity index (χ0v) is 18.6. The quantitative estimate of drug-likeness (QED) is 0.502. The molecule has 0 saturated heterocycles. The number of anilines is 2. The van der Waals surface area contributed by atoms with Crippen LogP contribution in [0, 0.1) is 6.92 Å². The standard InChI is InChI=1S/C19H20N4O6S2/c1-4-28-19(25)15-10(2)14-16(20)21-13(22-17(14)30-15)9-29-18(24)11-6-5-7-12(8-11)23-31(3,26)27/h5-8,23H,4,9H2,1-3H3,(H2,20,21,22). The molecule has 3 rings (SSSR count). The van der Waals surface area contributed by atoms with Gasteiger partial charge in [0.1, 0.15) is 15.5 Å². The van der Waals surface area contributed by atoms with E-state index in [9.17, 15) is 18.0 Å². The van der Waals surface area contributed by atoms with E-state index in [0.29, 0.717) is 20.7 Å². The minimum atomic E-state index is -3.48. The molecule has 0 bridgehead atoms. The van der Waals surface area contributed by atoms with E-state index in [2.05, 4.69) is 14.7 Å². The topological polar surface area (TPSA) is 151 Å². The van der Waals surface area contributed by atoms with Crippen LogP contribution in [0.15, 0.2) is 24.3 Å². The van der Waals surface area contributed by atoms with Gasteiger partial charge in [-0.1, -0.05) is 6.07 Å². The van der Waals surface area contributed by atoms with E-state index in [1.807, 2.05) is 0 Å². The number of aromatic nitrogens is 2. The highest BCUT2D eigenvalue weighted by Gasteiger charge is 2.21. The second-order valence-electron chi connectivity index (χ2n) is 6.51. The number of esters is 2. The van der Waals surface area contributed by atoms with Gasteiger partial charge < -0.3 is 15.2 Å². The van der Waals surface area contributed by atoms with Gasteiger partial charge in [0.05, 0.1) is 23.8 Å². The van der Waals surface area contributed by atoms with Gasteiger partial charge in [0.2, 0.25) is 10.0 Å². The average molecular weight is 465 g/mol. The molecule has 2 heterocycles. The first-order chi connectivity index (χ1) is 14.6. The van der Waals surface area contributed by atoms with Crippen LogP contribution in [0.1, 0.15) is 38.3 Å². The van der Waals surface area contributed by atoms with Crippen LogP contribution in [0.25, 0.3) is 10.2 Å². The Kier molecular flexibility index (Phi) is 6.41. The molecule has 0 amide bonds. The van der Waals surface area contributed by atoms with Crippen molar-refractivity contribution < 1.29 is 27.5 Å². The largest absolute Gasteiger partial charge is 0.462 e. The Balaban J connectivity index is 1.79. The molecule has 2 aromatic heterocycles. The van der Waals surface area contributed by atoms with Gasteiger partial charge in [-0.05, 0) is 37.6 Å². The minimum Gasteiger partial charge on any atom is -0.462 e. The number of fused-ring (bicyclic) bond motifs is 1. The number of nitrogens with zero attached hydrogens (tertiary/aromatic N) is 2. The van der Waals surface area contributed by atoms with Crippen LogP contribution >= 0.6 is 11.3 Å². The van der Waals surface area contributed by atoms with Crippen molar-refractivity contribution in [3.05, 3.63) is 46.1 Å². The monoisotopic (exact) mass is 464 g/mol. The van der Waals surface area contributed by atoms with Gasteiger partial charge in [-0.15, -0.1) is 11.3 Å². The minimum absolute atomic E-state index is 0.152. The molecule has 0 fully saturated rings. The van der Waals surface area contributed by atoms with E-state index in [4.69, 9.17) is 15.2 Å². The van der Waals surface area contributed by atoms with Crippen LogP contribution in [0.5, 0.6) is 0 Å². The van der Waals surface area contributed by atoms with Gasteiger partial charge in [0, 0.05) is 5.69 Å². The maximum absolute atomic E-state index is 12.4. The predicted octanol–water partition coefficient (Wildman–Crippen LogP) is 2.49. The maximum atomic E-state index is 12.4. The average Bonchev–Trinajstić information content (AvgIpc) is 3.02. The van der Waals surface area contributed by atoms with Crippen molar-refractivity contribution in [3.8, 4) is 0 Å². The summed E-state index contributed by atoms with van der Waals surface area (Å²) in [5, 5.41) is 0.558. The molecule has 0 aliphatic rings.